The van der Waals surface area contributed by atoms with Crippen molar-refractivity contribution in [1.82, 2.24) is 4.90 Å². The van der Waals surface area contributed by atoms with E-state index in [0.717, 1.165) is 16.3 Å². The van der Waals surface area contributed by atoms with E-state index in [9.17, 15) is 14.7 Å². The molecule has 0 radical (unpaired) electrons. The van der Waals surface area contributed by atoms with Gasteiger partial charge in [-0.25, -0.2) is 9.79 Å². The van der Waals surface area contributed by atoms with Gasteiger partial charge in [-0.05, 0) is 59.8 Å². The Balaban J connectivity index is 1.77. The van der Waals surface area contributed by atoms with E-state index in [0.29, 0.717) is 28.1 Å². The first kappa shape index (κ1) is 20.7. The van der Waals surface area contributed by atoms with Crippen molar-refractivity contribution in [2.24, 2.45) is 4.99 Å². The van der Waals surface area contributed by atoms with Gasteiger partial charge in [-0.15, -0.1) is 0 Å². The lowest BCUT2D eigenvalue weighted by atomic mass is 10.0. The van der Waals surface area contributed by atoms with Crippen LogP contribution in [0.5, 0.6) is 5.75 Å². The number of hydrogen-bond donors (Lipinski definition) is 1. The minimum absolute atomic E-state index is 0.143. The number of aromatic carboxylic acids is 1. The standard InChI is InChI=1S/C24H20N2O4S/c1-3-26-22(27)21(31-24(26)25-17-9-6-8-16(13-17)23(28)29)14-19-18-10-5-4-7-15(18)11-12-20(19)30-2/h4-14H,3H2,1-2H3,(H,28,29)/b21-14+,25-24?. The van der Waals surface area contributed by atoms with Gasteiger partial charge in [0.2, 0.25) is 0 Å². The van der Waals surface area contributed by atoms with Gasteiger partial charge in [0.05, 0.1) is 23.3 Å². The Bertz CT molecular complexity index is 1250. The highest BCUT2D eigenvalue weighted by atomic mass is 32.2. The van der Waals surface area contributed by atoms with Crippen LogP contribution in [0.2, 0.25) is 0 Å². The summed E-state index contributed by atoms with van der Waals surface area (Å²) in [7, 11) is 1.61. The van der Waals surface area contributed by atoms with E-state index in [1.54, 1.807) is 24.1 Å². The van der Waals surface area contributed by atoms with Crippen molar-refractivity contribution in [2.75, 3.05) is 13.7 Å². The molecule has 1 fully saturated rings. The Hall–Kier alpha value is -3.58. The van der Waals surface area contributed by atoms with Crippen molar-refractivity contribution in [3.8, 4) is 5.75 Å². The maximum Gasteiger partial charge on any atom is 0.335 e. The van der Waals surface area contributed by atoms with Gasteiger partial charge in [0, 0.05) is 12.1 Å². The molecule has 31 heavy (non-hydrogen) atoms. The number of carboxylic acids is 1. The number of amidine groups is 1. The van der Waals surface area contributed by atoms with Crippen LogP contribution in [0, 0.1) is 0 Å². The fraction of sp³-hybridized carbons (Fsp3) is 0.125. The van der Waals surface area contributed by atoms with Gasteiger partial charge in [-0.3, -0.25) is 9.69 Å². The van der Waals surface area contributed by atoms with E-state index in [1.165, 1.54) is 23.9 Å². The van der Waals surface area contributed by atoms with Gasteiger partial charge in [-0.2, -0.15) is 0 Å². The fourth-order valence-corrected chi connectivity index (χ4v) is 4.47. The van der Waals surface area contributed by atoms with Crippen molar-refractivity contribution in [1.29, 1.82) is 0 Å². The normalized spacial score (nSPS) is 16.5. The van der Waals surface area contributed by atoms with Gasteiger partial charge in [-0.1, -0.05) is 36.4 Å². The largest absolute Gasteiger partial charge is 0.496 e. The molecule has 3 aromatic carbocycles. The summed E-state index contributed by atoms with van der Waals surface area (Å²) in [6.07, 6.45) is 1.84. The third-order valence-electron chi connectivity index (χ3n) is 4.95. The third kappa shape index (κ3) is 4.04. The first-order valence-electron chi connectivity index (χ1n) is 9.71. The zero-order chi connectivity index (χ0) is 22.0. The van der Waals surface area contributed by atoms with Crippen molar-refractivity contribution < 1.29 is 19.4 Å². The molecule has 1 heterocycles. The number of thioether (sulfide) groups is 1. The first-order valence-corrected chi connectivity index (χ1v) is 10.5. The summed E-state index contributed by atoms with van der Waals surface area (Å²) < 4.78 is 5.55. The second kappa shape index (κ2) is 8.65. The lowest BCUT2D eigenvalue weighted by Crippen LogP contribution is -2.28. The van der Waals surface area contributed by atoms with Crippen LogP contribution in [0.3, 0.4) is 0 Å². The highest BCUT2D eigenvalue weighted by molar-refractivity contribution is 8.18. The molecule has 6 nitrogen and oxygen atoms in total. The Kier molecular flexibility index (Phi) is 5.77. The number of carbonyl (C=O) groups excluding carboxylic acids is 1. The van der Waals surface area contributed by atoms with Crippen molar-refractivity contribution in [3.05, 3.63) is 76.7 Å². The second-order valence-corrected chi connectivity index (χ2v) is 7.82. The molecule has 1 saturated heterocycles. The summed E-state index contributed by atoms with van der Waals surface area (Å²) in [5.41, 5.74) is 1.47. The van der Waals surface area contributed by atoms with Crippen molar-refractivity contribution in [3.63, 3.8) is 0 Å². The van der Waals surface area contributed by atoms with Gasteiger partial charge < -0.3 is 9.84 Å². The van der Waals surface area contributed by atoms with Crippen LogP contribution in [0.4, 0.5) is 5.69 Å². The van der Waals surface area contributed by atoms with E-state index in [1.807, 2.05) is 49.4 Å². The molecule has 0 unspecified atom stereocenters. The minimum atomic E-state index is -1.02. The molecule has 1 aliphatic heterocycles. The molecular formula is C24H20N2O4S. The van der Waals surface area contributed by atoms with E-state index in [4.69, 9.17) is 4.74 Å². The maximum absolute atomic E-state index is 13.1. The quantitative estimate of drug-likeness (QED) is 0.563. The van der Waals surface area contributed by atoms with Gasteiger partial charge in [0.1, 0.15) is 5.75 Å². The molecule has 1 aliphatic rings. The predicted octanol–water partition coefficient (Wildman–Crippen LogP) is 5.17. The molecule has 0 bridgehead atoms. The Morgan fingerprint density at radius 2 is 1.97 bits per heavy atom. The molecule has 0 aliphatic carbocycles. The van der Waals surface area contributed by atoms with Gasteiger partial charge in [0.15, 0.2) is 5.17 Å². The predicted molar refractivity (Wildman–Crippen MR) is 124 cm³/mol. The number of amides is 1. The lowest BCUT2D eigenvalue weighted by Gasteiger charge is -2.12. The van der Waals surface area contributed by atoms with Crippen LogP contribution in [0.1, 0.15) is 22.8 Å². The molecule has 7 heteroatoms. The SMILES string of the molecule is CCN1C(=O)/C(=C\c2c(OC)ccc3ccccc23)SC1=Nc1cccc(C(=O)O)c1. The number of carboxylic acid groups (broad SMARTS) is 1. The molecule has 0 spiro atoms. The van der Waals surface area contributed by atoms with Crippen LogP contribution in [0.15, 0.2) is 70.6 Å². The number of aliphatic imine (C=N–C) groups is 1. The summed E-state index contributed by atoms with van der Waals surface area (Å²) in [4.78, 5) is 31.0. The number of benzene rings is 3. The third-order valence-corrected chi connectivity index (χ3v) is 5.95. The van der Waals surface area contributed by atoms with Gasteiger partial charge >= 0.3 is 5.97 Å². The number of nitrogens with zero attached hydrogens (tertiary/aromatic N) is 2. The number of likely N-dealkylation sites (N-methyl/N-ethyl adjacent to an activating group) is 1. The Morgan fingerprint density at radius 3 is 2.71 bits per heavy atom. The number of fused-ring (bicyclic) bond motifs is 1. The molecule has 0 atom stereocenters. The van der Waals surface area contributed by atoms with Crippen molar-refractivity contribution >= 4 is 51.3 Å². The number of rotatable bonds is 5. The molecule has 1 N–H and O–H groups in total. The van der Waals surface area contributed by atoms with Crippen LogP contribution >= 0.6 is 11.8 Å². The molecule has 156 valence electrons. The number of carbonyl (C=O) groups is 2. The van der Waals surface area contributed by atoms with E-state index < -0.39 is 5.97 Å². The second-order valence-electron chi connectivity index (χ2n) is 6.81. The molecular weight excluding hydrogens is 412 g/mol. The monoisotopic (exact) mass is 432 g/mol. The zero-order valence-corrected chi connectivity index (χ0v) is 17.8. The molecule has 0 saturated carbocycles. The summed E-state index contributed by atoms with van der Waals surface area (Å²) in [5, 5.41) is 11.8. The first-order chi connectivity index (χ1) is 15.0. The van der Waals surface area contributed by atoms with E-state index in [-0.39, 0.29) is 11.5 Å². The van der Waals surface area contributed by atoms with E-state index >= 15 is 0 Å². The smallest absolute Gasteiger partial charge is 0.335 e. The maximum atomic E-state index is 13.1. The van der Waals surface area contributed by atoms with Crippen LogP contribution in [-0.2, 0) is 4.79 Å². The average molecular weight is 433 g/mol. The summed E-state index contributed by atoms with van der Waals surface area (Å²) in [6.45, 7) is 2.33. The molecule has 4 rings (SSSR count). The highest BCUT2D eigenvalue weighted by Crippen LogP contribution is 2.37. The van der Waals surface area contributed by atoms with Gasteiger partial charge in [0.25, 0.3) is 5.91 Å². The number of methoxy groups -OCH3 is 1. The molecule has 0 aromatic heterocycles. The summed E-state index contributed by atoms with van der Waals surface area (Å²) in [6, 6.07) is 18.2. The number of ether oxygens (including phenoxy) is 1. The van der Waals surface area contributed by atoms with Crippen LogP contribution < -0.4 is 4.74 Å². The van der Waals surface area contributed by atoms with Crippen LogP contribution in [0.25, 0.3) is 16.8 Å². The Morgan fingerprint density at radius 1 is 1.16 bits per heavy atom. The summed E-state index contributed by atoms with van der Waals surface area (Å²) in [5.74, 6) is -0.481. The Labute approximate surface area is 183 Å². The molecule has 1 amide bonds. The van der Waals surface area contributed by atoms with Crippen molar-refractivity contribution in [2.45, 2.75) is 6.92 Å². The summed E-state index contributed by atoms with van der Waals surface area (Å²) >= 11 is 1.27. The minimum Gasteiger partial charge on any atom is -0.496 e. The van der Waals surface area contributed by atoms with E-state index in [2.05, 4.69) is 4.99 Å². The zero-order valence-electron chi connectivity index (χ0n) is 17.0. The topological polar surface area (TPSA) is 79.2 Å². The fourth-order valence-electron chi connectivity index (χ4n) is 3.42. The average Bonchev–Trinajstić information content (AvgIpc) is 3.07. The molecule has 3 aromatic rings. The number of hydrogen-bond acceptors (Lipinski definition) is 5. The van der Waals surface area contributed by atoms with Crippen LogP contribution in [-0.4, -0.2) is 40.7 Å². The highest BCUT2D eigenvalue weighted by Gasteiger charge is 2.32. The lowest BCUT2D eigenvalue weighted by molar-refractivity contribution is -0.122.